The zero-order valence-electron chi connectivity index (χ0n) is 10.8. The summed E-state index contributed by atoms with van der Waals surface area (Å²) in [6, 6.07) is 2.53. The van der Waals surface area contributed by atoms with E-state index in [2.05, 4.69) is 26.8 Å². The minimum Gasteiger partial charge on any atom is -0.0587 e. The Kier molecular flexibility index (Phi) is 2.34. The number of rotatable bonds is 1. The molecule has 0 saturated carbocycles. The van der Waals surface area contributed by atoms with Crippen LogP contribution in [0, 0.1) is 0 Å². The molecular formula is C16H22. The molecule has 0 nitrogen and oxygen atoms in total. The first kappa shape index (κ1) is 10.4. The molecule has 0 N–H and O–H groups in total. The Hall–Kier alpha value is -0.780. The van der Waals surface area contributed by atoms with Gasteiger partial charge in [-0.15, -0.1) is 0 Å². The third-order valence-electron chi connectivity index (χ3n) is 4.49. The molecule has 0 aliphatic heterocycles. The van der Waals surface area contributed by atoms with Gasteiger partial charge < -0.3 is 0 Å². The fraction of sp³-hybridized carbons (Fsp3) is 0.625. The number of benzene rings is 1. The number of fused-ring (bicyclic) bond motifs is 2. The lowest BCUT2D eigenvalue weighted by atomic mass is 9.85. The van der Waals surface area contributed by atoms with E-state index in [1.54, 1.807) is 27.8 Å². The second-order valence-corrected chi connectivity index (χ2v) is 5.95. The summed E-state index contributed by atoms with van der Waals surface area (Å²) in [6.45, 7) is 7.16. The molecule has 0 heteroatoms. The maximum absolute atomic E-state index is 2.53. The zero-order valence-corrected chi connectivity index (χ0v) is 10.8. The Morgan fingerprint density at radius 2 is 1.94 bits per heavy atom. The minimum absolute atomic E-state index is 0.711. The molecule has 3 rings (SSSR count). The van der Waals surface area contributed by atoms with E-state index in [1.807, 2.05) is 0 Å². The molecule has 2 aliphatic carbocycles. The average Bonchev–Trinajstić information content (AvgIpc) is 2.82. The standard InChI is InChI=1S/C16H22/c1-10(2)15-14-6-4-5-12(14)9-13-8-7-11(3)16(13)15/h9-11H,4-8H2,1-3H3/t11-/m1/s1. The van der Waals surface area contributed by atoms with Crippen molar-refractivity contribution in [3.8, 4) is 0 Å². The summed E-state index contributed by atoms with van der Waals surface area (Å²) in [5.74, 6) is 1.51. The van der Waals surface area contributed by atoms with Crippen molar-refractivity contribution in [3.05, 3.63) is 33.9 Å². The highest BCUT2D eigenvalue weighted by Crippen LogP contribution is 2.43. The third kappa shape index (κ3) is 1.35. The largest absolute Gasteiger partial charge is 0.0587 e. The van der Waals surface area contributed by atoms with Gasteiger partial charge in [0.1, 0.15) is 0 Å². The molecule has 0 unspecified atom stereocenters. The smallest absolute Gasteiger partial charge is 0.0182 e. The van der Waals surface area contributed by atoms with E-state index in [9.17, 15) is 0 Å². The highest BCUT2D eigenvalue weighted by molar-refractivity contribution is 5.52. The maximum Gasteiger partial charge on any atom is -0.0182 e. The molecule has 2 aliphatic rings. The molecule has 86 valence electrons. The van der Waals surface area contributed by atoms with Gasteiger partial charge in [0.05, 0.1) is 0 Å². The van der Waals surface area contributed by atoms with Crippen LogP contribution in [0.3, 0.4) is 0 Å². The molecule has 1 aromatic rings. The Morgan fingerprint density at radius 1 is 1.12 bits per heavy atom. The van der Waals surface area contributed by atoms with Crippen LogP contribution in [0.2, 0.25) is 0 Å². The van der Waals surface area contributed by atoms with E-state index in [1.165, 1.54) is 32.1 Å². The topological polar surface area (TPSA) is 0 Å². The van der Waals surface area contributed by atoms with Crippen molar-refractivity contribution in [2.24, 2.45) is 0 Å². The lowest BCUT2D eigenvalue weighted by Crippen LogP contribution is -2.04. The van der Waals surface area contributed by atoms with Gasteiger partial charge in [-0.2, -0.15) is 0 Å². The van der Waals surface area contributed by atoms with Crippen LogP contribution in [-0.2, 0) is 19.3 Å². The van der Waals surface area contributed by atoms with Gasteiger partial charge in [0.15, 0.2) is 0 Å². The van der Waals surface area contributed by atoms with Crippen molar-refractivity contribution in [1.29, 1.82) is 0 Å². The molecule has 0 amide bonds. The van der Waals surface area contributed by atoms with Gasteiger partial charge in [-0.1, -0.05) is 26.8 Å². The Bertz CT molecular complexity index is 426. The molecule has 1 atom stereocenters. The first-order chi connectivity index (χ1) is 7.68. The van der Waals surface area contributed by atoms with E-state index < -0.39 is 0 Å². The lowest BCUT2D eigenvalue weighted by molar-refractivity contribution is 0.724. The first-order valence-electron chi connectivity index (χ1n) is 6.86. The predicted molar refractivity (Wildman–Crippen MR) is 69.3 cm³/mol. The molecule has 0 saturated heterocycles. The second kappa shape index (κ2) is 3.61. The molecule has 0 radical (unpaired) electrons. The van der Waals surface area contributed by atoms with Crippen LogP contribution >= 0.6 is 0 Å². The fourth-order valence-electron chi connectivity index (χ4n) is 3.82. The Labute approximate surface area is 99.1 Å². The second-order valence-electron chi connectivity index (χ2n) is 5.95. The van der Waals surface area contributed by atoms with Crippen LogP contribution in [-0.4, -0.2) is 0 Å². The first-order valence-corrected chi connectivity index (χ1v) is 6.86. The summed E-state index contributed by atoms with van der Waals surface area (Å²) < 4.78 is 0. The van der Waals surface area contributed by atoms with Crippen LogP contribution < -0.4 is 0 Å². The van der Waals surface area contributed by atoms with Crippen LogP contribution in [0.4, 0.5) is 0 Å². The third-order valence-corrected chi connectivity index (χ3v) is 4.49. The number of hydrogen-bond donors (Lipinski definition) is 0. The van der Waals surface area contributed by atoms with Gasteiger partial charge in [0.25, 0.3) is 0 Å². The lowest BCUT2D eigenvalue weighted by Gasteiger charge is -2.20. The monoisotopic (exact) mass is 214 g/mol. The molecule has 16 heavy (non-hydrogen) atoms. The summed E-state index contributed by atoms with van der Waals surface area (Å²) in [4.78, 5) is 0. The van der Waals surface area contributed by atoms with Crippen LogP contribution in [0.25, 0.3) is 0 Å². The van der Waals surface area contributed by atoms with Crippen molar-refractivity contribution >= 4 is 0 Å². The SMILES string of the molecule is CC(C)c1c2c(cc3c1[C@H](C)CC3)CCC2. The summed E-state index contributed by atoms with van der Waals surface area (Å²) in [5, 5.41) is 0. The molecule has 0 heterocycles. The van der Waals surface area contributed by atoms with E-state index >= 15 is 0 Å². The van der Waals surface area contributed by atoms with Gasteiger partial charge in [0, 0.05) is 0 Å². The number of aryl methyl sites for hydroxylation is 2. The quantitative estimate of drug-likeness (QED) is 0.652. The van der Waals surface area contributed by atoms with Gasteiger partial charge >= 0.3 is 0 Å². The Morgan fingerprint density at radius 3 is 2.69 bits per heavy atom. The van der Waals surface area contributed by atoms with Crippen LogP contribution in [0.1, 0.15) is 73.3 Å². The minimum atomic E-state index is 0.711. The van der Waals surface area contributed by atoms with Gasteiger partial charge in [-0.3, -0.25) is 0 Å². The predicted octanol–water partition coefficient (Wildman–Crippen LogP) is 4.35. The summed E-state index contributed by atoms with van der Waals surface area (Å²) in [7, 11) is 0. The van der Waals surface area contributed by atoms with E-state index in [0.29, 0.717) is 5.92 Å². The highest BCUT2D eigenvalue weighted by Gasteiger charge is 2.28. The Balaban J connectivity index is 2.26. The average molecular weight is 214 g/mol. The van der Waals surface area contributed by atoms with E-state index in [-0.39, 0.29) is 0 Å². The van der Waals surface area contributed by atoms with Crippen molar-refractivity contribution in [1.82, 2.24) is 0 Å². The highest BCUT2D eigenvalue weighted by atomic mass is 14.3. The molecule has 0 bridgehead atoms. The maximum atomic E-state index is 2.53. The molecule has 0 aromatic heterocycles. The van der Waals surface area contributed by atoms with Gasteiger partial charge in [0.2, 0.25) is 0 Å². The molecular weight excluding hydrogens is 192 g/mol. The van der Waals surface area contributed by atoms with Crippen molar-refractivity contribution in [2.75, 3.05) is 0 Å². The molecule has 1 aromatic carbocycles. The molecule has 0 spiro atoms. The summed E-state index contributed by atoms with van der Waals surface area (Å²) in [6.07, 6.45) is 6.74. The van der Waals surface area contributed by atoms with E-state index in [0.717, 1.165) is 5.92 Å². The van der Waals surface area contributed by atoms with E-state index in [4.69, 9.17) is 0 Å². The summed E-state index contributed by atoms with van der Waals surface area (Å²) in [5.41, 5.74) is 8.54. The number of hydrogen-bond acceptors (Lipinski definition) is 0. The van der Waals surface area contributed by atoms with Crippen LogP contribution in [0.5, 0.6) is 0 Å². The van der Waals surface area contributed by atoms with Crippen molar-refractivity contribution in [2.45, 2.75) is 64.7 Å². The van der Waals surface area contributed by atoms with Crippen molar-refractivity contribution < 1.29 is 0 Å². The fourth-order valence-corrected chi connectivity index (χ4v) is 3.82. The molecule has 0 fully saturated rings. The zero-order chi connectivity index (χ0) is 11.3. The normalized spacial score (nSPS) is 22.6. The van der Waals surface area contributed by atoms with Crippen LogP contribution in [0.15, 0.2) is 6.07 Å². The summed E-state index contributed by atoms with van der Waals surface area (Å²) >= 11 is 0. The van der Waals surface area contributed by atoms with Crippen molar-refractivity contribution in [3.63, 3.8) is 0 Å². The van der Waals surface area contributed by atoms with Gasteiger partial charge in [-0.25, -0.2) is 0 Å². The van der Waals surface area contributed by atoms with Gasteiger partial charge in [-0.05, 0) is 71.8 Å².